The summed E-state index contributed by atoms with van der Waals surface area (Å²) >= 11 is 0. The summed E-state index contributed by atoms with van der Waals surface area (Å²) in [5.74, 6) is -0.375. The number of aromatic nitrogens is 1. The number of ether oxygens (including phenoxy) is 1. The third kappa shape index (κ3) is 4.53. The van der Waals surface area contributed by atoms with Gasteiger partial charge in [0.1, 0.15) is 5.60 Å². The number of hydrogen-bond acceptors (Lipinski definition) is 4. The number of carbonyl (C=O) groups is 1. The first-order valence-corrected chi connectivity index (χ1v) is 6.95. The molecule has 0 spiro atoms. The lowest BCUT2D eigenvalue weighted by Gasteiger charge is -2.19. The Morgan fingerprint density at radius 2 is 2.10 bits per heavy atom. The van der Waals surface area contributed by atoms with E-state index in [-0.39, 0.29) is 5.97 Å². The van der Waals surface area contributed by atoms with Gasteiger partial charge < -0.3 is 9.84 Å². The molecule has 1 heterocycles. The molecule has 1 N–H and O–H groups in total. The van der Waals surface area contributed by atoms with E-state index in [2.05, 4.69) is 4.98 Å². The molecule has 1 aliphatic rings. The van der Waals surface area contributed by atoms with Crippen LogP contribution < -0.4 is 0 Å². The minimum Gasteiger partial charge on any atom is -0.456 e. The molecule has 0 aromatic carbocycles. The van der Waals surface area contributed by atoms with E-state index in [1.807, 2.05) is 26.8 Å². The van der Waals surface area contributed by atoms with Gasteiger partial charge in [0.05, 0.1) is 11.2 Å². The Bertz CT molecular complexity index is 607. The number of nitrogens with zero attached hydrogens (tertiary/aromatic N) is 1. The SMILES string of the molecule is CC1(O)C=CC(Cc2cncc(C(=O)OC(C)(C)C)c2)=C1. The van der Waals surface area contributed by atoms with Crippen molar-refractivity contribution in [2.75, 3.05) is 0 Å². The zero-order chi connectivity index (χ0) is 15.7. The second kappa shape index (κ2) is 5.45. The third-order valence-electron chi connectivity index (χ3n) is 2.95. The second-order valence-corrected chi connectivity index (χ2v) is 6.54. The van der Waals surface area contributed by atoms with E-state index in [0.29, 0.717) is 12.0 Å². The summed E-state index contributed by atoms with van der Waals surface area (Å²) in [4.78, 5) is 16.1. The van der Waals surface area contributed by atoms with Gasteiger partial charge in [0, 0.05) is 12.4 Å². The summed E-state index contributed by atoms with van der Waals surface area (Å²) in [6.45, 7) is 7.22. The fourth-order valence-electron chi connectivity index (χ4n) is 2.13. The molecular formula is C17H21NO3. The van der Waals surface area contributed by atoms with Gasteiger partial charge in [0.25, 0.3) is 0 Å². The molecule has 1 aromatic heterocycles. The van der Waals surface area contributed by atoms with E-state index in [1.165, 1.54) is 6.20 Å². The van der Waals surface area contributed by atoms with Crippen molar-refractivity contribution < 1.29 is 14.6 Å². The summed E-state index contributed by atoms with van der Waals surface area (Å²) in [6.07, 6.45) is 9.28. The maximum atomic E-state index is 12.0. The summed E-state index contributed by atoms with van der Waals surface area (Å²) in [5, 5.41) is 9.86. The Hall–Kier alpha value is -1.94. The molecule has 112 valence electrons. The molecule has 1 atom stereocenters. The van der Waals surface area contributed by atoms with E-state index < -0.39 is 11.2 Å². The Morgan fingerprint density at radius 1 is 1.38 bits per heavy atom. The number of aliphatic hydroxyl groups is 1. The van der Waals surface area contributed by atoms with Gasteiger partial charge in [-0.05, 0) is 63.5 Å². The molecule has 0 bridgehead atoms. The Morgan fingerprint density at radius 3 is 2.67 bits per heavy atom. The van der Waals surface area contributed by atoms with Crippen LogP contribution in [0.2, 0.25) is 0 Å². The van der Waals surface area contributed by atoms with Gasteiger partial charge in [-0.2, -0.15) is 0 Å². The van der Waals surface area contributed by atoms with Crippen LogP contribution in [0.15, 0.2) is 42.3 Å². The Balaban J connectivity index is 2.12. The average Bonchev–Trinajstić information content (AvgIpc) is 2.67. The number of pyridine rings is 1. The number of allylic oxidation sites excluding steroid dienone is 2. The molecule has 0 radical (unpaired) electrons. The smallest absolute Gasteiger partial charge is 0.340 e. The normalized spacial score (nSPS) is 21.3. The molecule has 0 fully saturated rings. The predicted molar refractivity (Wildman–Crippen MR) is 81.0 cm³/mol. The van der Waals surface area contributed by atoms with E-state index >= 15 is 0 Å². The standard InChI is InChI=1S/C17H21NO3/c1-16(2,3)21-15(19)14-8-13(10-18-11-14)7-12-5-6-17(4,20)9-12/h5-6,8-11,20H,7H2,1-4H3. The van der Waals surface area contributed by atoms with Crippen LogP contribution in [0, 0.1) is 0 Å². The van der Waals surface area contributed by atoms with Gasteiger partial charge in [0.15, 0.2) is 0 Å². The first kappa shape index (κ1) is 15.4. The van der Waals surface area contributed by atoms with Gasteiger partial charge in [-0.25, -0.2) is 4.79 Å². The number of esters is 1. The van der Waals surface area contributed by atoms with Crippen LogP contribution in [-0.2, 0) is 11.2 Å². The summed E-state index contributed by atoms with van der Waals surface area (Å²) in [5.41, 5.74) is 0.945. The minimum atomic E-state index is -0.883. The number of carbonyl (C=O) groups excluding carboxylic acids is 1. The maximum absolute atomic E-state index is 12.0. The molecule has 4 nitrogen and oxygen atoms in total. The van der Waals surface area contributed by atoms with Crippen molar-refractivity contribution in [3.63, 3.8) is 0 Å². The van der Waals surface area contributed by atoms with Crippen LogP contribution in [0.4, 0.5) is 0 Å². The van der Waals surface area contributed by atoms with Gasteiger partial charge in [0.2, 0.25) is 0 Å². The molecule has 0 aliphatic heterocycles. The van der Waals surface area contributed by atoms with Crippen LogP contribution in [0.3, 0.4) is 0 Å². The van der Waals surface area contributed by atoms with Crippen molar-refractivity contribution in [1.82, 2.24) is 4.98 Å². The third-order valence-corrected chi connectivity index (χ3v) is 2.95. The number of rotatable bonds is 3. The first-order chi connectivity index (χ1) is 9.65. The first-order valence-electron chi connectivity index (χ1n) is 6.95. The monoisotopic (exact) mass is 287 g/mol. The van der Waals surface area contributed by atoms with Crippen molar-refractivity contribution in [2.24, 2.45) is 0 Å². The molecule has 0 amide bonds. The van der Waals surface area contributed by atoms with Crippen molar-refractivity contribution in [3.8, 4) is 0 Å². The van der Waals surface area contributed by atoms with Gasteiger partial charge in [-0.1, -0.05) is 6.08 Å². The lowest BCUT2D eigenvalue weighted by molar-refractivity contribution is 0.00689. The molecule has 1 aromatic rings. The Kier molecular flexibility index (Phi) is 4.01. The average molecular weight is 287 g/mol. The zero-order valence-electron chi connectivity index (χ0n) is 12.9. The molecule has 0 saturated heterocycles. The molecule has 1 aliphatic carbocycles. The maximum Gasteiger partial charge on any atom is 0.340 e. The lowest BCUT2D eigenvalue weighted by atomic mass is 10.0. The van der Waals surface area contributed by atoms with Crippen LogP contribution in [-0.4, -0.2) is 27.3 Å². The van der Waals surface area contributed by atoms with E-state index in [9.17, 15) is 9.90 Å². The molecule has 0 saturated carbocycles. The van der Waals surface area contributed by atoms with Crippen molar-refractivity contribution >= 4 is 5.97 Å². The summed E-state index contributed by atoms with van der Waals surface area (Å²) in [6, 6.07) is 1.78. The summed E-state index contributed by atoms with van der Waals surface area (Å²) in [7, 11) is 0. The molecular weight excluding hydrogens is 266 g/mol. The minimum absolute atomic E-state index is 0.375. The highest BCUT2D eigenvalue weighted by molar-refractivity contribution is 5.89. The molecule has 21 heavy (non-hydrogen) atoms. The zero-order valence-corrected chi connectivity index (χ0v) is 12.9. The van der Waals surface area contributed by atoms with E-state index in [4.69, 9.17) is 4.74 Å². The fourth-order valence-corrected chi connectivity index (χ4v) is 2.13. The topological polar surface area (TPSA) is 59.4 Å². The molecule has 4 heteroatoms. The van der Waals surface area contributed by atoms with Crippen LogP contribution >= 0.6 is 0 Å². The second-order valence-electron chi connectivity index (χ2n) is 6.54. The van der Waals surface area contributed by atoms with Crippen molar-refractivity contribution in [1.29, 1.82) is 0 Å². The quantitative estimate of drug-likeness (QED) is 0.868. The van der Waals surface area contributed by atoms with Gasteiger partial charge >= 0.3 is 5.97 Å². The van der Waals surface area contributed by atoms with E-state index in [0.717, 1.165) is 11.1 Å². The number of hydrogen-bond donors (Lipinski definition) is 1. The summed E-state index contributed by atoms with van der Waals surface area (Å²) < 4.78 is 5.33. The highest BCUT2D eigenvalue weighted by Gasteiger charge is 2.20. The Labute approximate surface area is 125 Å². The van der Waals surface area contributed by atoms with Gasteiger partial charge in [-0.3, -0.25) is 4.98 Å². The molecule has 1 unspecified atom stereocenters. The van der Waals surface area contributed by atoms with Gasteiger partial charge in [-0.15, -0.1) is 0 Å². The molecule has 2 rings (SSSR count). The van der Waals surface area contributed by atoms with Crippen LogP contribution in [0.5, 0.6) is 0 Å². The van der Waals surface area contributed by atoms with E-state index in [1.54, 1.807) is 31.3 Å². The lowest BCUT2D eigenvalue weighted by Crippen LogP contribution is -2.24. The fraction of sp³-hybridized carbons (Fsp3) is 0.412. The van der Waals surface area contributed by atoms with Crippen molar-refractivity contribution in [3.05, 3.63) is 53.4 Å². The van der Waals surface area contributed by atoms with Crippen LogP contribution in [0.1, 0.15) is 43.6 Å². The largest absolute Gasteiger partial charge is 0.456 e. The van der Waals surface area contributed by atoms with Crippen molar-refractivity contribution in [2.45, 2.75) is 45.3 Å². The van der Waals surface area contributed by atoms with Crippen LogP contribution in [0.25, 0.3) is 0 Å². The highest BCUT2D eigenvalue weighted by Crippen LogP contribution is 2.23. The predicted octanol–water partition coefficient (Wildman–Crippen LogP) is 2.83. The highest BCUT2D eigenvalue weighted by atomic mass is 16.6.